The van der Waals surface area contributed by atoms with Crippen molar-refractivity contribution in [3.8, 4) is 5.69 Å². The van der Waals surface area contributed by atoms with E-state index in [1.165, 1.54) is 12.1 Å². The van der Waals surface area contributed by atoms with Gasteiger partial charge in [-0.15, -0.1) is 0 Å². The normalized spacial score (nSPS) is 14.2. The van der Waals surface area contributed by atoms with Crippen molar-refractivity contribution in [2.45, 2.75) is 59.3 Å². The van der Waals surface area contributed by atoms with Gasteiger partial charge in [0.25, 0.3) is 0 Å². The van der Waals surface area contributed by atoms with Gasteiger partial charge in [0.1, 0.15) is 17.5 Å². The number of amides is 1. The number of aryl methyl sites for hydroxylation is 2. The molecule has 10 heteroatoms. The van der Waals surface area contributed by atoms with Crippen LogP contribution in [0.25, 0.3) is 16.7 Å². The van der Waals surface area contributed by atoms with Gasteiger partial charge >= 0.3 is 5.97 Å². The molecule has 37 heavy (non-hydrogen) atoms. The van der Waals surface area contributed by atoms with Gasteiger partial charge in [0.15, 0.2) is 5.65 Å². The lowest BCUT2D eigenvalue weighted by molar-refractivity contribution is -0.145. The van der Waals surface area contributed by atoms with Gasteiger partial charge in [0, 0.05) is 39.0 Å². The van der Waals surface area contributed by atoms with Crippen molar-refractivity contribution >= 4 is 28.7 Å². The summed E-state index contributed by atoms with van der Waals surface area (Å²) in [5.41, 5.74) is 2.23. The first-order valence-electron chi connectivity index (χ1n) is 13.1. The average molecular weight is 511 g/mol. The van der Waals surface area contributed by atoms with Crippen LogP contribution in [0, 0.1) is 12.7 Å². The van der Waals surface area contributed by atoms with Crippen molar-refractivity contribution < 1.29 is 18.7 Å². The second kappa shape index (κ2) is 12.1. The number of aromatic nitrogens is 4. The maximum atomic E-state index is 13.6. The van der Waals surface area contributed by atoms with E-state index >= 15 is 0 Å². The number of fused-ring (bicyclic) bond motifs is 1. The molecule has 2 aromatic heterocycles. The molecule has 0 radical (unpaired) electrons. The van der Waals surface area contributed by atoms with Crippen LogP contribution in [0.4, 0.5) is 10.2 Å². The van der Waals surface area contributed by atoms with E-state index in [1.807, 2.05) is 11.8 Å². The van der Waals surface area contributed by atoms with Gasteiger partial charge in [-0.3, -0.25) is 9.59 Å². The minimum absolute atomic E-state index is 0.0355. The predicted octanol–water partition coefficient (Wildman–Crippen LogP) is 3.99. The van der Waals surface area contributed by atoms with Crippen molar-refractivity contribution in [1.82, 2.24) is 24.6 Å². The maximum absolute atomic E-state index is 13.6. The summed E-state index contributed by atoms with van der Waals surface area (Å²) >= 11 is 0. The zero-order chi connectivity index (χ0) is 26.4. The molecule has 0 unspecified atom stereocenters. The highest BCUT2D eigenvalue weighted by Crippen LogP contribution is 2.30. The van der Waals surface area contributed by atoms with E-state index in [2.05, 4.69) is 11.8 Å². The Morgan fingerprint density at radius 2 is 1.81 bits per heavy atom. The molecule has 9 nitrogen and oxygen atoms in total. The molecule has 1 aliphatic rings. The molecule has 1 amide bonds. The van der Waals surface area contributed by atoms with Crippen LogP contribution in [0.2, 0.25) is 0 Å². The number of carbonyl (C=O) groups is 2. The number of halogens is 1. The molecule has 1 fully saturated rings. The summed E-state index contributed by atoms with van der Waals surface area (Å²) in [5, 5.41) is 5.61. The standard InChI is InChI=1S/C27H35FN6O3/c1-4-6-8-22-29-26(25-19(3)31-34(27(25)30-22)21-11-9-20(28)10-12-21)33-16-7-15-32(17-18-33)23(35)13-14-24(36)37-5-2/h9-12H,4-8,13-18H2,1-3H3. The van der Waals surface area contributed by atoms with Crippen LogP contribution >= 0.6 is 0 Å². The molecule has 3 aromatic rings. The first-order chi connectivity index (χ1) is 17.9. The Balaban J connectivity index is 1.62. The fourth-order valence-electron chi connectivity index (χ4n) is 4.62. The Kier molecular flexibility index (Phi) is 8.68. The van der Waals surface area contributed by atoms with Gasteiger partial charge in [0.2, 0.25) is 5.91 Å². The molecule has 1 aromatic carbocycles. The number of hydrogen-bond donors (Lipinski definition) is 0. The largest absolute Gasteiger partial charge is 0.466 e. The number of hydrogen-bond acceptors (Lipinski definition) is 7. The number of carbonyl (C=O) groups excluding carboxylic acids is 2. The number of rotatable bonds is 9. The van der Waals surface area contributed by atoms with Gasteiger partial charge in [-0.1, -0.05) is 13.3 Å². The number of esters is 1. The molecule has 0 atom stereocenters. The van der Waals surface area contributed by atoms with Gasteiger partial charge in [-0.25, -0.2) is 19.0 Å². The van der Waals surface area contributed by atoms with Crippen LogP contribution in [0.3, 0.4) is 0 Å². The van der Waals surface area contributed by atoms with Crippen molar-refractivity contribution in [2.75, 3.05) is 37.7 Å². The summed E-state index contributed by atoms with van der Waals surface area (Å²) in [7, 11) is 0. The van der Waals surface area contributed by atoms with Crippen LogP contribution in [0.15, 0.2) is 24.3 Å². The molecule has 1 aliphatic heterocycles. The minimum Gasteiger partial charge on any atom is -0.466 e. The summed E-state index contributed by atoms with van der Waals surface area (Å²) in [4.78, 5) is 38.3. The third-order valence-corrected chi connectivity index (χ3v) is 6.55. The molecular formula is C27H35FN6O3. The van der Waals surface area contributed by atoms with E-state index in [1.54, 1.807) is 23.7 Å². The first-order valence-corrected chi connectivity index (χ1v) is 13.1. The maximum Gasteiger partial charge on any atom is 0.306 e. The van der Waals surface area contributed by atoms with Crippen molar-refractivity contribution in [1.29, 1.82) is 0 Å². The Bertz CT molecular complexity index is 1240. The second-order valence-electron chi connectivity index (χ2n) is 9.27. The van der Waals surface area contributed by atoms with Crippen molar-refractivity contribution in [2.24, 2.45) is 0 Å². The Hall–Kier alpha value is -3.56. The van der Waals surface area contributed by atoms with Crippen molar-refractivity contribution in [3.63, 3.8) is 0 Å². The molecule has 0 spiro atoms. The van der Waals surface area contributed by atoms with Crippen LogP contribution < -0.4 is 4.90 Å². The summed E-state index contributed by atoms with van der Waals surface area (Å²) < 4.78 is 20.3. The van der Waals surface area contributed by atoms with E-state index in [-0.39, 0.29) is 30.5 Å². The third-order valence-electron chi connectivity index (χ3n) is 6.55. The number of nitrogens with zero attached hydrogens (tertiary/aromatic N) is 6. The fourth-order valence-corrected chi connectivity index (χ4v) is 4.62. The highest BCUT2D eigenvalue weighted by Gasteiger charge is 2.25. The zero-order valence-electron chi connectivity index (χ0n) is 21.9. The highest BCUT2D eigenvalue weighted by molar-refractivity contribution is 5.91. The number of anilines is 1. The quantitative estimate of drug-likeness (QED) is 0.402. The van der Waals surface area contributed by atoms with Gasteiger partial charge in [-0.2, -0.15) is 5.10 Å². The smallest absolute Gasteiger partial charge is 0.306 e. The number of ether oxygens (including phenoxy) is 1. The van der Waals surface area contributed by atoms with Gasteiger partial charge in [-0.05, 0) is 51.0 Å². The third kappa shape index (κ3) is 6.23. The number of benzene rings is 1. The summed E-state index contributed by atoms with van der Waals surface area (Å²) in [6.45, 7) is 8.67. The van der Waals surface area contributed by atoms with Crippen LogP contribution in [0.5, 0.6) is 0 Å². The Labute approximate surface area is 216 Å². The SMILES string of the molecule is CCCCc1nc(N2CCCN(C(=O)CCC(=O)OCC)CC2)c2c(C)nn(-c3ccc(F)cc3)c2n1. The van der Waals surface area contributed by atoms with Gasteiger partial charge < -0.3 is 14.5 Å². The second-order valence-corrected chi connectivity index (χ2v) is 9.27. The van der Waals surface area contributed by atoms with E-state index in [0.717, 1.165) is 60.6 Å². The highest BCUT2D eigenvalue weighted by atomic mass is 19.1. The molecule has 3 heterocycles. The molecular weight excluding hydrogens is 475 g/mol. The summed E-state index contributed by atoms with van der Waals surface area (Å²) in [6.07, 6.45) is 3.78. The van der Waals surface area contributed by atoms with E-state index in [9.17, 15) is 14.0 Å². The Morgan fingerprint density at radius 3 is 2.54 bits per heavy atom. The number of unbranched alkanes of at least 4 members (excludes halogenated alkanes) is 1. The molecule has 198 valence electrons. The topological polar surface area (TPSA) is 93.5 Å². The predicted molar refractivity (Wildman–Crippen MR) is 139 cm³/mol. The average Bonchev–Trinajstić information content (AvgIpc) is 3.06. The van der Waals surface area contributed by atoms with E-state index in [4.69, 9.17) is 19.8 Å². The first kappa shape index (κ1) is 26.5. The lowest BCUT2D eigenvalue weighted by Crippen LogP contribution is -2.35. The summed E-state index contributed by atoms with van der Waals surface area (Å²) in [5.74, 6) is 0.888. The monoisotopic (exact) mass is 510 g/mol. The fraction of sp³-hybridized carbons (Fsp3) is 0.519. The lowest BCUT2D eigenvalue weighted by atomic mass is 10.2. The summed E-state index contributed by atoms with van der Waals surface area (Å²) in [6, 6.07) is 6.22. The van der Waals surface area contributed by atoms with E-state index < -0.39 is 0 Å². The van der Waals surface area contributed by atoms with Gasteiger partial charge in [0.05, 0.1) is 29.8 Å². The Morgan fingerprint density at radius 1 is 1.03 bits per heavy atom. The molecule has 0 saturated carbocycles. The van der Waals surface area contributed by atoms with E-state index in [0.29, 0.717) is 31.9 Å². The van der Waals surface area contributed by atoms with Crippen LogP contribution in [-0.4, -0.2) is 69.3 Å². The molecule has 0 aliphatic carbocycles. The van der Waals surface area contributed by atoms with Crippen molar-refractivity contribution in [3.05, 3.63) is 41.6 Å². The molecule has 4 rings (SSSR count). The molecule has 0 N–H and O–H groups in total. The molecule has 0 bridgehead atoms. The van der Waals surface area contributed by atoms with Crippen LogP contribution in [0.1, 0.15) is 57.5 Å². The molecule has 1 saturated heterocycles. The van der Waals surface area contributed by atoms with Crippen LogP contribution in [-0.2, 0) is 20.7 Å². The lowest BCUT2D eigenvalue weighted by Gasteiger charge is -2.24. The zero-order valence-corrected chi connectivity index (χ0v) is 21.9. The minimum atomic E-state index is -0.344.